The van der Waals surface area contributed by atoms with E-state index in [1.165, 1.54) is 10.8 Å². The average molecular weight is 390 g/mol. The van der Waals surface area contributed by atoms with Gasteiger partial charge in [-0.2, -0.15) is 5.10 Å². The second-order valence-corrected chi connectivity index (χ2v) is 7.46. The third-order valence-corrected chi connectivity index (χ3v) is 4.03. The van der Waals surface area contributed by atoms with E-state index in [2.05, 4.69) is 20.5 Å². The number of aromatic nitrogens is 4. The molecule has 142 valence electrons. The lowest BCUT2D eigenvalue weighted by atomic mass is 10.2. The van der Waals surface area contributed by atoms with E-state index in [-0.39, 0.29) is 5.56 Å². The second-order valence-electron chi connectivity index (χ2n) is 7.06. The number of benzene rings is 1. The molecule has 2 aromatic heterocycles. The van der Waals surface area contributed by atoms with E-state index in [1.54, 1.807) is 52.0 Å². The predicted molar refractivity (Wildman–Crippen MR) is 102 cm³/mol. The number of alkyl carbamates (subject to hydrolysis) is 1. The minimum absolute atomic E-state index is 0.302. The van der Waals surface area contributed by atoms with Gasteiger partial charge in [0.05, 0.1) is 28.2 Å². The normalized spacial score (nSPS) is 12.8. The molecule has 9 heteroatoms. The monoisotopic (exact) mass is 389 g/mol. The number of rotatable bonds is 3. The zero-order valence-electron chi connectivity index (χ0n) is 15.4. The summed E-state index contributed by atoms with van der Waals surface area (Å²) in [7, 11) is 0. The molecule has 0 fully saturated rings. The molecule has 0 radical (unpaired) electrons. The van der Waals surface area contributed by atoms with Gasteiger partial charge in [0.2, 0.25) is 0 Å². The number of H-pyrrole nitrogens is 1. The lowest BCUT2D eigenvalue weighted by molar-refractivity contribution is 0.0505. The Balaban J connectivity index is 2.13. The molecule has 0 unspecified atom stereocenters. The van der Waals surface area contributed by atoms with Crippen molar-refractivity contribution >= 4 is 28.6 Å². The van der Waals surface area contributed by atoms with Crippen molar-refractivity contribution in [2.24, 2.45) is 0 Å². The van der Waals surface area contributed by atoms with Crippen molar-refractivity contribution in [1.82, 2.24) is 25.1 Å². The second kappa shape index (κ2) is 7.03. The molecule has 0 saturated heterocycles. The van der Waals surface area contributed by atoms with E-state index in [4.69, 9.17) is 16.3 Å². The standard InChI is InChI=1S/C18H20ClN5O3/c1-10(21-17(26)27-18(2,3)4)15-22-14-11(6-5-7-12(14)19)16(25)24(15)13-8-9-20-23-13/h5-10H,1-4H3,(H,20,23)(H,21,26)/t10-/m0/s1. The van der Waals surface area contributed by atoms with Gasteiger partial charge in [-0.1, -0.05) is 17.7 Å². The first-order valence-electron chi connectivity index (χ1n) is 8.38. The maximum atomic E-state index is 13.1. The van der Waals surface area contributed by atoms with Gasteiger partial charge in [-0.05, 0) is 39.8 Å². The van der Waals surface area contributed by atoms with Crippen LogP contribution in [0, 0.1) is 0 Å². The Morgan fingerprint density at radius 2 is 2.07 bits per heavy atom. The van der Waals surface area contributed by atoms with Crippen molar-refractivity contribution in [2.45, 2.75) is 39.3 Å². The molecule has 0 saturated carbocycles. The lowest BCUT2D eigenvalue weighted by Crippen LogP contribution is -2.37. The summed E-state index contributed by atoms with van der Waals surface area (Å²) in [6.45, 7) is 7.02. The van der Waals surface area contributed by atoms with Crippen LogP contribution in [0.5, 0.6) is 0 Å². The Morgan fingerprint density at radius 1 is 1.33 bits per heavy atom. The minimum Gasteiger partial charge on any atom is -0.444 e. The molecule has 27 heavy (non-hydrogen) atoms. The van der Waals surface area contributed by atoms with Crippen LogP contribution in [0.4, 0.5) is 4.79 Å². The maximum Gasteiger partial charge on any atom is 0.408 e. The number of hydrogen-bond donors (Lipinski definition) is 2. The summed E-state index contributed by atoms with van der Waals surface area (Å²) < 4.78 is 6.66. The maximum absolute atomic E-state index is 13.1. The van der Waals surface area contributed by atoms with Crippen LogP contribution in [0.15, 0.2) is 35.3 Å². The third kappa shape index (κ3) is 3.95. The van der Waals surface area contributed by atoms with Crippen LogP contribution in [-0.4, -0.2) is 31.4 Å². The van der Waals surface area contributed by atoms with Crippen LogP contribution < -0.4 is 10.9 Å². The molecule has 2 heterocycles. The van der Waals surface area contributed by atoms with E-state index >= 15 is 0 Å². The molecule has 0 aliphatic rings. The Labute approximate surface area is 160 Å². The highest BCUT2D eigenvalue weighted by atomic mass is 35.5. The summed E-state index contributed by atoms with van der Waals surface area (Å²) in [6, 6.07) is 6.01. The molecule has 0 bridgehead atoms. The number of carbonyl (C=O) groups excluding carboxylic acids is 1. The molecule has 3 aromatic rings. The van der Waals surface area contributed by atoms with Crippen LogP contribution in [0.3, 0.4) is 0 Å². The summed E-state index contributed by atoms with van der Waals surface area (Å²) in [6.07, 6.45) is 0.916. The number of halogens is 1. The molecule has 1 amide bonds. The number of hydrogen-bond acceptors (Lipinski definition) is 5. The zero-order valence-corrected chi connectivity index (χ0v) is 16.2. The number of para-hydroxylation sites is 1. The molecule has 0 aliphatic heterocycles. The Hall–Kier alpha value is -2.87. The van der Waals surface area contributed by atoms with Gasteiger partial charge in [0.25, 0.3) is 5.56 Å². The quantitative estimate of drug-likeness (QED) is 0.715. The number of nitrogens with zero attached hydrogens (tertiary/aromatic N) is 3. The Morgan fingerprint density at radius 3 is 2.70 bits per heavy atom. The van der Waals surface area contributed by atoms with Crippen molar-refractivity contribution in [1.29, 1.82) is 0 Å². The van der Waals surface area contributed by atoms with E-state index in [1.807, 2.05) is 0 Å². The number of nitrogens with one attached hydrogen (secondary N) is 2. The van der Waals surface area contributed by atoms with E-state index in [0.29, 0.717) is 27.6 Å². The number of amides is 1. The molecule has 3 rings (SSSR count). The first-order valence-corrected chi connectivity index (χ1v) is 8.75. The average Bonchev–Trinajstić information content (AvgIpc) is 3.07. The third-order valence-electron chi connectivity index (χ3n) is 3.72. The molecule has 0 aliphatic carbocycles. The van der Waals surface area contributed by atoms with Gasteiger partial charge in [0.1, 0.15) is 17.2 Å². The summed E-state index contributed by atoms with van der Waals surface area (Å²) in [5.74, 6) is 0.734. The van der Waals surface area contributed by atoms with Crippen LogP contribution >= 0.6 is 11.6 Å². The minimum atomic E-state index is -0.646. The fraction of sp³-hybridized carbons (Fsp3) is 0.333. The fourth-order valence-electron chi connectivity index (χ4n) is 2.64. The Kier molecular flexibility index (Phi) is 4.93. The van der Waals surface area contributed by atoms with Crippen LogP contribution in [0.2, 0.25) is 5.02 Å². The van der Waals surface area contributed by atoms with Crippen molar-refractivity contribution in [3.05, 3.63) is 51.7 Å². The van der Waals surface area contributed by atoms with Crippen molar-refractivity contribution < 1.29 is 9.53 Å². The van der Waals surface area contributed by atoms with Gasteiger partial charge in [0, 0.05) is 6.07 Å². The first-order chi connectivity index (χ1) is 12.7. The van der Waals surface area contributed by atoms with Crippen LogP contribution in [0.25, 0.3) is 16.7 Å². The van der Waals surface area contributed by atoms with Crippen molar-refractivity contribution in [3.8, 4) is 5.82 Å². The van der Waals surface area contributed by atoms with Gasteiger partial charge >= 0.3 is 6.09 Å². The first kappa shape index (κ1) is 18.9. The molecular weight excluding hydrogens is 370 g/mol. The summed E-state index contributed by atoms with van der Waals surface area (Å²) >= 11 is 6.23. The summed E-state index contributed by atoms with van der Waals surface area (Å²) in [4.78, 5) is 29.8. The van der Waals surface area contributed by atoms with Crippen LogP contribution in [-0.2, 0) is 4.74 Å². The molecular formula is C18H20ClN5O3. The SMILES string of the molecule is C[C@H](NC(=O)OC(C)(C)C)c1nc2c(Cl)cccc2c(=O)n1-c1ccn[nH]1. The molecule has 0 spiro atoms. The number of ether oxygens (including phenoxy) is 1. The van der Waals surface area contributed by atoms with Gasteiger partial charge in [-0.15, -0.1) is 0 Å². The lowest BCUT2D eigenvalue weighted by Gasteiger charge is -2.23. The summed E-state index contributed by atoms with van der Waals surface area (Å²) in [5, 5.41) is 10.1. The van der Waals surface area contributed by atoms with E-state index < -0.39 is 17.7 Å². The highest BCUT2D eigenvalue weighted by Gasteiger charge is 2.23. The van der Waals surface area contributed by atoms with Crippen LogP contribution in [0.1, 0.15) is 39.6 Å². The fourth-order valence-corrected chi connectivity index (χ4v) is 2.85. The van der Waals surface area contributed by atoms with Crippen molar-refractivity contribution in [2.75, 3.05) is 0 Å². The van der Waals surface area contributed by atoms with Crippen molar-refractivity contribution in [3.63, 3.8) is 0 Å². The number of fused-ring (bicyclic) bond motifs is 1. The van der Waals surface area contributed by atoms with Gasteiger partial charge in [0.15, 0.2) is 0 Å². The smallest absolute Gasteiger partial charge is 0.408 e. The number of carbonyl (C=O) groups is 1. The largest absolute Gasteiger partial charge is 0.444 e. The summed E-state index contributed by atoms with van der Waals surface area (Å²) in [5.41, 5.74) is -0.597. The van der Waals surface area contributed by atoms with E-state index in [0.717, 1.165) is 0 Å². The highest BCUT2D eigenvalue weighted by molar-refractivity contribution is 6.34. The van der Waals surface area contributed by atoms with Gasteiger partial charge in [-0.25, -0.2) is 14.3 Å². The molecule has 1 aromatic carbocycles. The van der Waals surface area contributed by atoms with Gasteiger partial charge < -0.3 is 10.1 Å². The predicted octanol–water partition coefficient (Wildman–Crippen LogP) is 3.35. The zero-order chi connectivity index (χ0) is 19.8. The topological polar surface area (TPSA) is 102 Å². The molecule has 8 nitrogen and oxygen atoms in total. The Bertz CT molecular complexity index is 1040. The van der Waals surface area contributed by atoms with E-state index in [9.17, 15) is 9.59 Å². The van der Waals surface area contributed by atoms with Gasteiger partial charge in [-0.3, -0.25) is 9.89 Å². The molecule has 1 atom stereocenters. The highest BCUT2D eigenvalue weighted by Crippen LogP contribution is 2.22. The molecule has 2 N–H and O–H groups in total. The number of aromatic amines is 1.